The van der Waals surface area contributed by atoms with Crippen molar-refractivity contribution in [2.24, 2.45) is 5.92 Å². The lowest BCUT2D eigenvalue weighted by Crippen LogP contribution is -2.41. The topological polar surface area (TPSA) is 15.3 Å². The standard InChI is InChI=1S/C19H29FN2.ClH/c20-19-8-4-1-5-17(19)11-14-22(18-6-2-3-7-18)15-16-9-12-21-13-10-16;/h1,4-5,8,16,18,21H,2-3,6-7,9-15H2;1H. The summed E-state index contributed by atoms with van der Waals surface area (Å²) in [5.74, 6) is 0.776. The molecule has 0 radical (unpaired) electrons. The summed E-state index contributed by atoms with van der Waals surface area (Å²) in [6.45, 7) is 4.54. The van der Waals surface area contributed by atoms with Crippen molar-refractivity contribution in [1.29, 1.82) is 0 Å². The number of rotatable bonds is 6. The van der Waals surface area contributed by atoms with Gasteiger partial charge in [-0.1, -0.05) is 31.0 Å². The first-order valence-corrected chi connectivity index (χ1v) is 9.01. The van der Waals surface area contributed by atoms with Crippen LogP contribution >= 0.6 is 12.4 Å². The van der Waals surface area contributed by atoms with Crippen molar-refractivity contribution >= 4 is 12.4 Å². The summed E-state index contributed by atoms with van der Waals surface area (Å²) in [7, 11) is 0. The lowest BCUT2D eigenvalue weighted by atomic mass is 9.96. The highest BCUT2D eigenvalue weighted by molar-refractivity contribution is 5.85. The van der Waals surface area contributed by atoms with Crippen LogP contribution in [0.3, 0.4) is 0 Å². The molecule has 2 aliphatic rings. The molecule has 1 aliphatic carbocycles. The van der Waals surface area contributed by atoms with E-state index in [9.17, 15) is 4.39 Å². The zero-order chi connectivity index (χ0) is 15.2. The van der Waals surface area contributed by atoms with Crippen molar-refractivity contribution < 1.29 is 4.39 Å². The number of halogens is 2. The minimum Gasteiger partial charge on any atom is -0.317 e. The van der Waals surface area contributed by atoms with Crippen LogP contribution in [0, 0.1) is 11.7 Å². The van der Waals surface area contributed by atoms with Crippen LogP contribution in [0.15, 0.2) is 24.3 Å². The van der Waals surface area contributed by atoms with Crippen molar-refractivity contribution in [2.45, 2.75) is 51.0 Å². The minimum absolute atomic E-state index is 0. The number of hydrogen-bond donors (Lipinski definition) is 1. The van der Waals surface area contributed by atoms with E-state index in [1.807, 2.05) is 12.1 Å². The highest BCUT2D eigenvalue weighted by atomic mass is 35.5. The Kier molecular flexibility index (Phi) is 7.81. The first-order valence-electron chi connectivity index (χ1n) is 9.01. The van der Waals surface area contributed by atoms with Crippen LogP contribution in [0.25, 0.3) is 0 Å². The fraction of sp³-hybridized carbons (Fsp3) is 0.684. The number of piperidine rings is 1. The zero-order valence-corrected chi connectivity index (χ0v) is 14.8. The van der Waals surface area contributed by atoms with Crippen LogP contribution in [0.1, 0.15) is 44.1 Å². The van der Waals surface area contributed by atoms with Crippen LogP contribution < -0.4 is 5.32 Å². The van der Waals surface area contributed by atoms with Crippen molar-refractivity contribution in [3.63, 3.8) is 0 Å². The Balaban J connectivity index is 0.00000192. The molecular formula is C19H30ClFN2. The first kappa shape index (κ1) is 18.7. The summed E-state index contributed by atoms with van der Waals surface area (Å²) < 4.78 is 13.8. The number of nitrogens with one attached hydrogen (secondary N) is 1. The van der Waals surface area contributed by atoms with Gasteiger partial charge in [0.2, 0.25) is 0 Å². The van der Waals surface area contributed by atoms with Gasteiger partial charge in [-0.05, 0) is 62.7 Å². The Hall–Kier alpha value is -0.640. The number of hydrogen-bond acceptors (Lipinski definition) is 2. The molecule has 1 saturated heterocycles. The molecule has 1 heterocycles. The van der Waals surface area contributed by atoms with Gasteiger partial charge in [0.1, 0.15) is 5.82 Å². The van der Waals surface area contributed by atoms with Gasteiger partial charge in [0.15, 0.2) is 0 Å². The first-order chi connectivity index (χ1) is 10.8. The van der Waals surface area contributed by atoms with Gasteiger partial charge >= 0.3 is 0 Å². The van der Waals surface area contributed by atoms with Gasteiger partial charge in [-0.3, -0.25) is 4.90 Å². The molecule has 23 heavy (non-hydrogen) atoms. The molecule has 1 aromatic rings. The van der Waals surface area contributed by atoms with Crippen LogP contribution in [-0.2, 0) is 6.42 Å². The summed E-state index contributed by atoms with van der Waals surface area (Å²) in [6, 6.07) is 7.99. The summed E-state index contributed by atoms with van der Waals surface area (Å²) >= 11 is 0. The van der Waals surface area contributed by atoms with Crippen LogP contribution in [0.4, 0.5) is 4.39 Å². The molecular weight excluding hydrogens is 311 g/mol. The maximum Gasteiger partial charge on any atom is 0.126 e. The van der Waals surface area contributed by atoms with E-state index in [0.717, 1.165) is 43.6 Å². The van der Waals surface area contributed by atoms with E-state index < -0.39 is 0 Å². The highest BCUT2D eigenvalue weighted by Gasteiger charge is 2.25. The third kappa shape index (κ3) is 5.44. The summed E-state index contributed by atoms with van der Waals surface area (Å²) in [5, 5.41) is 3.45. The van der Waals surface area contributed by atoms with E-state index >= 15 is 0 Å². The van der Waals surface area contributed by atoms with Crippen LogP contribution in [0.2, 0.25) is 0 Å². The van der Waals surface area contributed by atoms with E-state index in [4.69, 9.17) is 0 Å². The molecule has 0 bridgehead atoms. The van der Waals surface area contributed by atoms with Gasteiger partial charge in [0.05, 0.1) is 0 Å². The lowest BCUT2D eigenvalue weighted by Gasteiger charge is -2.34. The van der Waals surface area contributed by atoms with E-state index in [0.29, 0.717) is 0 Å². The van der Waals surface area contributed by atoms with E-state index in [1.54, 1.807) is 12.1 Å². The molecule has 130 valence electrons. The summed E-state index contributed by atoms with van der Waals surface area (Å²) in [6.07, 6.45) is 8.84. The van der Waals surface area contributed by atoms with Gasteiger partial charge in [-0.25, -0.2) is 4.39 Å². The van der Waals surface area contributed by atoms with Crippen molar-refractivity contribution in [3.05, 3.63) is 35.6 Å². The van der Waals surface area contributed by atoms with E-state index in [-0.39, 0.29) is 18.2 Å². The third-order valence-corrected chi connectivity index (χ3v) is 5.42. The van der Waals surface area contributed by atoms with Crippen molar-refractivity contribution in [3.8, 4) is 0 Å². The second-order valence-electron chi connectivity index (χ2n) is 6.97. The number of nitrogens with zero attached hydrogens (tertiary/aromatic N) is 1. The molecule has 1 aliphatic heterocycles. The Morgan fingerprint density at radius 1 is 1.04 bits per heavy atom. The monoisotopic (exact) mass is 340 g/mol. The Morgan fingerprint density at radius 3 is 2.43 bits per heavy atom. The Morgan fingerprint density at radius 2 is 1.74 bits per heavy atom. The average Bonchev–Trinajstić information content (AvgIpc) is 3.08. The van der Waals surface area contributed by atoms with Crippen molar-refractivity contribution in [2.75, 3.05) is 26.2 Å². The molecule has 0 aromatic heterocycles. The van der Waals surface area contributed by atoms with E-state index in [1.165, 1.54) is 45.1 Å². The van der Waals surface area contributed by atoms with Gasteiger partial charge in [-0.15, -0.1) is 12.4 Å². The number of benzene rings is 1. The quantitative estimate of drug-likeness (QED) is 0.841. The minimum atomic E-state index is -0.0456. The predicted octanol–water partition coefficient (Wildman–Crippen LogP) is 4.03. The molecule has 3 rings (SSSR count). The van der Waals surface area contributed by atoms with Crippen LogP contribution in [0.5, 0.6) is 0 Å². The highest BCUT2D eigenvalue weighted by Crippen LogP contribution is 2.26. The third-order valence-electron chi connectivity index (χ3n) is 5.42. The SMILES string of the molecule is Cl.Fc1ccccc1CCN(CC1CCNCC1)C1CCCC1. The predicted molar refractivity (Wildman–Crippen MR) is 96.8 cm³/mol. The molecule has 4 heteroatoms. The average molecular weight is 341 g/mol. The second kappa shape index (κ2) is 9.61. The second-order valence-corrected chi connectivity index (χ2v) is 6.97. The van der Waals surface area contributed by atoms with Gasteiger partial charge in [0, 0.05) is 19.1 Å². The molecule has 1 aromatic carbocycles. The summed E-state index contributed by atoms with van der Waals surface area (Å²) in [5.41, 5.74) is 0.871. The molecule has 1 saturated carbocycles. The van der Waals surface area contributed by atoms with Gasteiger partial charge in [0.25, 0.3) is 0 Å². The molecule has 0 spiro atoms. The fourth-order valence-electron chi connectivity index (χ4n) is 4.05. The van der Waals surface area contributed by atoms with E-state index in [2.05, 4.69) is 10.2 Å². The molecule has 0 amide bonds. The van der Waals surface area contributed by atoms with Gasteiger partial charge in [-0.2, -0.15) is 0 Å². The molecule has 2 fully saturated rings. The molecule has 0 unspecified atom stereocenters. The molecule has 0 atom stereocenters. The summed E-state index contributed by atoms with van der Waals surface area (Å²) in [4.78, 5) is 2.68. The van der Waals surface area contributed by atoms with Crippen molar-refractivity contribution in [1.82, 2.24) is 10.2 Å². The zero-order valence-electron chi connectivity index (χ0n) is 14.0. The maximum absolute atomic E-state index is 13.8. The fourth-order valence-corrected chi connectivity index (χ4v) is 4.05. The van der Waals surface area contributed by atoms with Gasteiger partial charge < -0.3 is 5.32 Å². The maximum atomic E-state index is 13.8. The Bertz CT molecular complexity index is 456. The Labute approximate surface area is 146 Å². The van der Waals surface area contributed by atoms with Crippen LogP contribution in [-0.4, -0.2) is 37.1 Å². The normalized spacial score (nSPS) is 19.9. The smallest absolute Gasteiger partial charge is 0.126 e. The molecule has 2 nitrogen and oxygen atoms in total. The lowest BCUT2D eigenvalue weighted by molar-refractivity contribution is 0.154. The largest absolute Gasteiger partial charge is 0.317 e. The molecule has 1 N–H and O–H groups in total.